The van der Waals surface area contributed by atoms with Crippen LogP contribution in [0.25, 0.3) is 0 Å². The minimum atomic E-state index is -0.440. The molecule has 3 heteroatoms. The second-order valence-corrected chi connectivity index (χ2v) is 3.09. The zero-order valence-electron chi connectivity index (χ0n) is 7.53. The molecule has 0 radical (unpaired) electrons. The van der Waals surface area contributed by atoms with Crippen LogP contribution < -0.4 is 5.73 Å². The van der Waals surface area contributed by atoms with Crippen LogP contribution in [-0.4, -0.2) is 16.9 Å². The Morgan fingerprint density at radius 3 is 2.46 bits per heavy atom. The summed E-state index contributed by atoms with van der Waals surface area (Å²) in [5, 5.41) is 9.00. The fraction of sp³-hybridized carbons (Fsp3) is 0.300. The quantitative estimate of drug-likeness (QED) is 0.723. The molecule has 0 aliphatic rings. The zero-order valence-corrected chi connectivity index (χ0v) is 7.53. The van der Waals surface area contributed by atoms with E-state index in [0.29, 0.717) is 6.42 Å². The number of rotatable bonds is 3. The second kappa shape index (κ2) is 4.05. The molecule has 0 saturated carbocycles. The summed E-state index contributed by atoms with van der Waals surface area (Å²) < 4.78 is 0. The van der Waals surface area contributed by atoms with Crippen molar-refractivity contribution in [1.29, 1.82) is 0 Å². The van der Waals surface area contributed by atoms with E-state index < -0.39 is 6.04 Å². The monoisotopic (exact) mass is 179 g/mol. The lowest BCUT2D eigenvalue weighted by atomic mass is 10.0. The number of hydrogen-bond acceptors (Lipinski definition) is 3. The Hall–Kier alpha value is -1.35. The molecule has 0 fully saturated rings. The molecule has 1 aromatic rings. The third-order valence-electron chi connectivity index (χ3n) is 1.91. The first-order valence-electron chi connectivity index (χ1n) is 4.13. The highest BCUT2D eigenvalue weighted by atomic mass is 16.3. The largest absolute Gasteiger partial charge is 0.508 e. The average Bonchev–Trinajstić information content (AvgIpc) is 2.08. The molecule has 13 heavy (non-hydrogen) atoms. The van der Waals surface area contributed by atoms with E-state index in [2.05, 4.69) is 0 Å². The fourth-order valence-corrected chi connectivity index (χ4v) is 1.03. The Labute approximate surface area is 77.2 Å². The van der Waals surface area contributed by atoms with Gasteiger partial charge in [0.05, 0.1) is 6.04 Å². The van der Waals surface area contributed by atoms with Gasteiger partial charge in [-0.3, -0.25) is 4.79 Å². The number of nitrogens with two attached hydrogens (primary N) is 1. The molecule has 0 saturated heterocycles. The summed E-state index contributed by atoms with van der Waals surface area (Å²) in [7, 11) is 0. The van der Waals surface area contributed by atoms with Gasteiger partial charge in [0.2, 0.25) is 0 Å². The molecule has 1 rings (SSSR count). The first-order chi connectivity index (χ1) is 6.09. The molecule has 0 aliphatic carbocycles. The van der Waals surface area contributed by atoms with E-state index in [1.54, 1.807) is 24.3 Å². The van der Waals surface area contributed by atoms with Gasteiger partial charge in [-0.05, 0) is 31.0 Å². The first kappa shape index (κ1) is 9.74. The number of aromatic hydroxyl groups is 1. The van der Waals surface area contributed by atoms with Gasteiger partial charge in [-0.15, -0.1) is 0 Å². The topological polar surface area (TPSA) is 63.3 Å². The van der Waals surface area contributed by atoms with Gasteiger partial charge >= 0.3 is 0 Å². The van der Waals surface area contributed by atoms with Crippen molar-refractivity contribution in [3.05, 3.63) is 29.8 Å². The van der Waals surface area contributed by atoms with Gasteiger partial charge in [-0.2, -0.15) is 0 Å². The Morgan fingerprint density at radius 1 is 1.46 bits per heavy atom. The van der Waals surface area contributed by atoms with Crippen LogP contribution in [0.5, 0.6) is 5.75 Å². The molecule has 0 bridgehead atoms. The van der Waals surface area contributed by atoms with Crippen molar-refractivity contribution in [2.45, 2.75) is 19.4 Å². The molecule has 3 nitrogen and oxygen atoms in total. The predicted octanol–water partition coefficient (Wildman–Crippen LogP) is 0.851. The lowest BCUT2D eigenvalue weighted by Crippen LogP contribution is -2.30. The van der Waals surface area contributed by atoms with Gasteiger partial charge in [0.15, 0.2) is 0 Å². The van der Waals surface area contributed by atoms with E-state index in [0.717, 1.165) is 5.56 Å². The zero-order chi connectivity index (χ0) is 9.84. The van der Waals surface area contributed by atoms with E-state index in [9.17, 15) is 4.79 Å². The maximum absolute atomic E-state index is 10.8. The van der Waals surface area contributed by atoms with Crippen molar-refractivity contribution in [3.63, 3.8) is 0 Å². The summed E-state index contributed by atoms with van der Waals surface area (Å²) in [6.45, 7) is 1.48. The molecule has 0 aliphatic heterocycles. The van der Waals surface area contributed by atoms with E-state index >= 15 is 0 Å². The second-order valence-electron chi connectivity index (χ2n) is 3.09. The van der Waals surface area contributed by atoms with Crippen LogP contribution in [-0.2, 0) is 11.2 Å². The number of phenols is 1. The number of benzene rings is 1. The third-order valence-corrected chi connectivity index (χ3v) is 1.91. The highest BCUT2D eigenvalue weighted by molar-refractivity contribution is 5.81. The van der Waals surface area contributed by atoms with Crippen molar-refractivity contribution in [2.75, 3.05) is 0 Å². The minimum absolute atomic E-state index is 0.0203. The van der Waals surface area contributed by atoms with Crippen molar-refractivity contribution >= 4 is 5.78 Å². The van der Waals surface area contributed by atoms with Crippen molar-refractivity contribution in [1.82, 2.24) is 0 Å². The molecule has 0 heterocycles. The Balaban J connectivity index is 2.64. The van der Waals surface area contributed by atoms with Crippen LogP contribution in [0, 0.1) is 0 Å². The van der Waals surface area contributed by atoms with Gasteiger partial charge in [0.25, 0.3) is 0 Å². The Bertz CT molecular complexity index is 292. The van der Waals surface area contributed by atoms with E-state index in [1.807, 2.05) is 0 Å². The van der Waals surface area contributed by atoms with E-state index in [4.69, 9.17) is 10.8 Å². The summed E-state index contributed by atoms with van der Waals surface area (Å²) >= 11 is 0. The highest BCUT2D eigenvalue weighted by Crippen LogP contribution is 2.10. The number of Topliss-reactive ketones (excluding diaryl/α,β-unsaturated/α-hetero) is 1. The SMILES string of the molecule is CC(=O)[C@@H](N)Cc1ccc(O)cc1. The maximum atomic E-state index is 10.8. The highest BCUT2D eigenvalue weighted by Gasteiger charge is 2.08. The van der Waals surface area contributed by atoms with Gasteiger partial charge in [-0.1, -0.05) is 12.1 Å². The van der Waals surface area contributed by atoms with Gasteiger partial charge in [-0.25, -0.2) is 0 Å². The smallest absolute Gasteiger partial charge is 0.146 e. The molecule has 3 N–H and O–H groups in total. The van der Waals surface area contributed by atoms with Gasteiger partial charge < -0.3 is 10.8 Å². The van der Waals surface area contributed by atoms with E-state index in [1.165, 1.54) is 6.92 Å². The summed E-state index contributed by atoms with van der Waals surface area (Å²) in [5.41, 5.74) is 6.53. The van der Waals surface area contributed by atoms with Crippen LogP contribution in [0.2, 0.25) is 0 Å². The summed E-state index contributed by atoms with van der Waals surface area (Å²) in [6, 6.07) is 6.25. The molecule has 0 unspecified atom stereocenters. The molecule has 1 aromatic carbocycles. The van der Waals surface area contributed by atoms with Crippen molar-refractivity contribution in [2.24, 2.45) is 5.73 Å². The first-order valence-corrected chi connectivity index (χ1v) is 4.13. The van der Waals surface area contributed by atoms with E-state index in [-0.39, 0.29) is 11.5 Å². The number of carbonyl (C=O) groups is 1. The standard InChI is InChI=1S/C10H13NO2/c1-7(12)10(11)6-8-2-4-9(13)5-3-8/h2-5,10,13H,6,11H2,1H3/t10-/m0/s1. The third kappa shape index (κ3) is 2.87. The summed E-state index contributed by atoms with van der Waals surface area (Å²) in [4.78, 5) is 10.8. The van der Waals surface area contributed by atoms with Crippen LogP contribution in [0.15, 0.2) is 24.3 Å². The molecule has 0 spiro atoms. The molecule has 0 amide bonds. The lowest BCUT2D eigenvalue weighted by Gasteiger charge is -2.07. The summed E-state index contributed by atoms with van der Waals surface area (Å²) in [6.07, 6.45) is 0.523. The van der Waals surface area contributed by atoms with Crippen LogP contribution >= 0.6 is 0 Å². The van der Waals surface area contributed by atoms with Gasteiger partial charge in [0, 0.05) is 0 Å². The normalized spacial score (nSPS) is 12.5. The number of hydrogen-bond donors (Lipinski definition) is 2. The predicted molar refractivity (Wildman–Crippen MR) is 50.5 cm³/mol. The molecule has 1 atom stereocenters. The molecular formula is C10H13NO2. The number of carbonyl (C=O) groups excluding carboxylic acids is 1. The summed E-state index contributed by atoms with van der Waals surface area (Å²) in [5.74, 6) is 0.202. The van der Waals surface area contributed by atoms with Crippen LogP contribution in [0.4, 0.5) is 0 Å². The number of ketones is 1. The van der Waals surface area contributed by atoms with Crippen LogP contribution in [0.3, 0.4) is 0 Å². The average molecular weight is 179 g/mol. The maximum Gasteiger partial charge on any atom is 0.146 e. The molecular weight excluding hydrogens is 166 g/mol. The van der Waals surface area contributed by atoms with Crippen molar-refractivity contribution < 1.29 is 9.90 Å². The van der Waals surface area contributed by atoms with Gasteiger partial charge in [0.1, 0.15) is 11.5 Å². The van der Waals surface area contributed by atoms with Crippen LogP contribution in [0.1, 0.15) is 12.5 Å². The Kier molecular flexibility index (Phi) is 3.03. The van der Waals surface area contributed by atoms with Crippen molar-refractivity contribution in [3.8, 4) is 5.75 Å². The molecule has 70 valence electrons. The number of phenolic OH excluding ortho intramolecular Hbond substituents is 1. The lowest BCUT2D eigenvalue weighted by molar-refractivity contribution is -0.118. The fourth-order valence-electron chi connectivity index (χ4n) is 1.03. The Morgan fingerprint density at radius 2 is 2.00 bits per heavy atom. The minimum Gasteiger partial charge on any atom is -0.508 e. The molecule has 0 aromatic heterocycles.